The van der Waals surface area contributed by atoms with Crippen molar-refractivity contribution < 1.29 is 9.72 Å². The zero-order valence-corrected chi connectivity index (χ0v) is 12.7. The van der Waals surface area contributed by atoms with Crippen LogP contribution >= 0.6 is 11.6 Å². The largest absolute Gasteiger partial charge is 0.335 e. The van der Waals surface area contributed by atoms with Crippen molar-refractivity contribution >= 4 is 23.2 Å². The highest BCUT2D eigenvalue weighted by Crippen LogP contribution is 2.24. The van der Waals surface area contributed by atoms with Gasteiger partial charge in [-0.15, -0.1) is 0 Å². The number of carbonyl (C=O) groups excluding carboxylic acids is 1. The van der Waals surface area contributed by atoms with Crippen molar-refractivity contribution in [1.82, 2.24) is 9.88 Å². The molecule has 0 saturated carbocycles. The first-order valence-corrected chi connectivity index (χ1v) is 7.02. The van der Waals surface area contributed by atoms with E-state index in [1.807, 2.05) is 19.1 Å². The van der Waals surface area contributed by atoms with E-state index in [2.05, 4.69) is 4.98 Å². The fourth-order valence-electron chi connectivity index (χ4n) is 2.00. The van der Waals surface area contributed by atoms with Crippen LogP contribution in [0.25, 0.3) is 0 Å². The molecule has 0 aliphatic rings. The van der Waals surface area contributed by atoms with Gasteiger partial charge in [-0.25, -0.2) is 0 Å². The van der Waals surface area contributed by atoms with E-state index in [1.165, 1.54) is 18.2 Å². The van der Waals surface area contributed by atoms with Crippen molar-refractivity contribution in [2.75, 3.05) is 6.54 Å². The van der Waals surface area contributed by atoms with Gasteiger partial charge in [0.2, 0.25) is 0 Å². The van der Waals surface area contributed by atoms with Gasteiger partial charge in [0.05, 0.1) is 15.5 Å². The molecular formula is C15H14ClN3O3. The van der Waals surface area contributed by atoms with Crippen LogP contribution in [-0.2, 0) is 6.54 Å². The van der Waals surface area contributed by atoms with Gasteiger partial charge in [0.25, 0.3) is 11.6 Å². The van der Waals surface area contributed by atoms with Gasteiger partial charge < -0.3 is 4.90 Å². The summed E-state index contributed by atoms with van der Waals surface area (Å²) < 4.78 is 0. The molecule has 0 N–H and O–H groups in total. The Morgan fingerprint density at radius 2 is 2.00 bits per heavy atom. The van der Waals surface area contributed by atoms with Crippen LogP contribution in [0.4, 0.5) is 5.69 Å². The van der Waals surface area contributed by atoms with E-state index < -0.39 is 4.92 Å². The Morgan fingerprint density at radius 3 is 2.55 bits per heavy atom. The van der Waals surface area contributed by atoms with E-state index >= 15 is 0 Å². The Hall–Kier alpha value is -2.47. The Labute approximate surface area is 132 Å². The van der Waals surface area contributed by atoms with E-state index in [0.29, 0.717) is 13.1 Å². The van der Waals surface area contributed by atoms with Gasteiger partial charge >= 0.3 is 0 Å². The quantitative estimate of drug-likeness (QED) is 0.626. The van der Waals surface area contributed by atoms with E-state index in [9.17, 15) is 14.9 Å². The maximum atomic E-state index is 12.5. The fourth-order valence-corrected chi connectivity index (χ4v) is 2.25. The molecule has 0 atom stereocenters. The third kappa shape index (κ3) is 3.59. The normalized spacial score (nSPS) is 10.3. The second-order valence-corrected chi connectivity index (χ2v) is 5.00. The number of hydrogen-bond acceptors (Lipinski definition) is 4. The second-order valence-electron chi connectivity index (χ2n) is 4.60. The zero-order chi connectivity index (χ0) is 16.1. The van der Waals surface area contributed by atoms with Crippen molar-refractivity contribution in [1.29, 1.82) is 0 Å². The van der Waals surface area contributed by atoms with Crippen molar-refractivity contribution in [2.24, 2.45) is 0 Å². The summed E-state index contributed by atoms with van der Waals surface area (Å²) in [6.45, 7) is 2.78. The van der Waals surface area contributed by atoms with Crippen LogP contribution in [-0.4, -0.2) is 27.3 Å². The molecule has 1 aromatic heterocycles. The molecule has 1 heterocycles. The number of nitro groups is 1. The first-order valence-electron chi connectivity index (χ1n) is 6.65. The maximum Gasteiger partial charge on any atom is 0.270 e. The first kappa shape index (κ1) is 15.9. The van der Waals surface area contributed by atoms with Crippen LogP contribution in [0.2, 0.25) is 5.02 Å². The van der Waals surface area contributed by atoms with E-state index in [4.69, 9.17) is 11.6 Å². The topological polar surface area (TPSA) is 76.3 Å². The van der Waals surface area contributed by atoms with Crippen LogP contribution in [0.5, 0.6) is 0 Å². The Bertz CT molecular complexity index is 692. The lowest BCUT2D eigenvalue weighted by Gasteiger charge is -2.21. The maximum absolute atomic E-state index is 12.5. The molecule has 1 aromatic carbocycles. The van der Waals surface area contributed by atoms with Crippen molar-refractivity contribution in [2.45, 2.75) is 13.5 Å². The Morgan fingerprint density at radius 1 is 1.32 bits per heavy atom. The summed E-state index contributed by atoms with van der Waals surface area (Å²) >= 11 is 6.01. The van der Waals surface area contributed by atoms with Crippen molar-refractivity contribution in [3.63, 3.8) is 0 Å². The second kappa shape index (κ2) is 7.00. The third-order valence-electron chi connectivity index (χ3n) is 3.19. The smallest absolute Gasteiger partial charge is 0.270 e. The standard InChI is InChI=1S/C15H14ClN3O3/c1-2-18(10-11-5-7-17-8-6-11)15(20)13-4-3-12(19(21)22)9-14(13)16/h3-9H,2,10H2,1H3. The monoisotopic (exact) mass is 319 g/mol. The summed E-state index contributed by atoms with van der Waals surface area (Å²) in [4.78, 5) is 28.2. The van der Waals surface area contributed by atoms with Gasteiger partial charge in [0.15, 0.2) is 0 Å². The number of rotatable bonds is 5. The van der Waals surface area contributed by atoms with Gasteiger partial charge in [-0.1, -0.05) is 11.6 Å². The molecule has 2 aromatic rings. The molecule has 0 saturated heterocycles. The highest BCUT2D eigenvalue weighted by molar-refractivity contribution is 6.34. The summed E-state index contributed by atoms with van der Waals surface area (Å²) in [5.41, 5.74) is 1.06. The Balaban J connectivity index is 2.23. The lowest BCUT2D eigenvalue weighted by molar-refractivity contribution is -0.384. The molecule has 1 amide bonds. The summed E-state index contributed by atoms with van der Waals surface area (Å²) in [5, 5.41) is 10.8. The van der Waals surface area contributed by atoms with Gasteiger partial charge in [-0.2, -0.15) is 0 Å². The van der Waals surface area contributed by atoms with Crippen molar-refractivity contribution in [3.8, 4) is 0 Å². The number of hydrogen-bond donors (Lipinski definition) is 0. The average Bonchev–Trinajstić information content (AvgIpc) is 2.52. The molecule has 2 rings (SSSR count). The molecule has 0 radical (unpaired) electrons. The number of benzene rings is 1. The number of pyridine rings is 1. The number of aromatic nitrogens is 1. The molecule has 0 spiro atoms. The SMILES string of the molecule is CCN(Cc1ccncc1)C(=O)c1ccc([N+](=O)[O-])cc1Cl. The molecule has 0 unspecified atom stereocenters. The number of nitro benzene ring substituents is 1. The molecule has 0 aliphatic heterocycles. The van der Waals surface area contributed by atoms with Crippen LogP contribution in [0.15, 0.2) is 42.7 Å². The molecule has 0 aliphatic carbocycles. The molecule has 7 heteroatoms. The number of amides is 1. The number of nitrogens with zero attached hydrogens (tertiary/aromatic N) is 3. The molecular weight excluding hydrogens is 306 g/mol. The minimum Gasteiger partial charge on any atom is -0.335 e. The number of halogens is 1. The first-order chi connectivity index (χ1) is 10.5. The van der Waals surface area contributed by atoms with Gasteiger partial charge in [0.1, 0.15) is 0 Å². The highest BCUT2D eigenvalue weighted by atomic mass is 35.5. The minimum absolute atomic E-state index is 0.0763. The van der Waals surface area contributed by atoms with Gasteiger partial charge in [0, 0.05) is 37.6 Å². The molecule has 114 valence electrons. The third-order valence-corrected chi connectivity index (χ3v) is 3.50. The predicted molar refractivity (Wildman–Crippen MR) is 82.8 cm³/mol. The van der Waals surface area contributed by atoms with Crippen LogP contribution in [0.3, 0.4) is 0 Å². The van der Waals surface area contributed by atoms with Crippen LogP contribution in [0.1, 0.15) is 22.8 Å². The van der Waals surface area contributed by atoms with Crippen LogP contribution in [0, 0.1) is 10.1 Å². The predicted octanol–water partition coefficient (Wildman–Crippen LogP) is 3.31. The number of non-ortho nitro benzene ring substituents is 1. The molecule has 22 heavy (non-hydrogen) atoms. The summed E-state index contributed by atoms with van der Waals surface area (Å²) in [5.74, 6) is -0.265. The van der Waals surface area contributed by atoms with Crippen molar-refractivity contribution in [3.05, 3.63) is 69.0 Å². The lowest BCUT2D eigenvalue weighted by Crippen LogP contribution is -2.30. The number of carbonyl (C=O) groups is 1. The average molecular weight is 320 g/mol. The van der Waals surface area contributed by atoms with E-state index in [0.717, 1.165) is 5.56 Å². The summed E-state index contributed by atoms with van der Waals surface area (Å²) in [6.07, 6.45) is 3.32. The summed E-state index contributed by atoms with van der Waals surface area (Å²) in [7, 11) is 0. The highest BCUT2D eigenvalue weighted by Gasteiger charge is 2.19. The van der Waals surface area contributed by atoms with E-state index in [-0.39, 0.29) is 22.2 Å². The van der Waals surface area contributed by atoms with E-state index in [1.54, 1.807) is 17.3 Å². The molecule has 0 bridgehead atoms. The molecule has 0 fully saturated rings. The summed E-state index contributed by atoms with van der Waals surface area (Å²) in [6, 6.07) is 7.51. The fraction of sp³-hybridized carbons (Fsp3) is 0.200. The van der Waals surface area contributed by atoms with Gasteiger partial charge in [-0.3, -0.25) is 19.9 Å². The zero-order valence-electron chi connectivity index (χ0n) is 11.9. The Kier molecular flexibility index (Phi) is 5.06. The van der Waals surface area contributed by atoms with Gasteiger partial charge in [-0.05, 0) is 30.7 Å². The minimum atomic E-state index is -0.547. The molecule has 6 nitrogen and oxygen atoms in total. The lowest BCUT2D eigenvalue weighted by atomic mass is 10.1. The van der Waals surface area contributed by atoms with Crippen LogP contribution < -0.4 is 0 Å².